The Balaban J connectivity index is 1.69. The fourth-order valence-electron chi connectivity index (χ4n) is 6.67. The van der Waals surface area contributed by atoms with E-state index in [1.807, 2.05) is 51.1 Å². The number of carbonyl (C=O) groups excluding carboxylic acids is 3. The number of para-hydroxylation sites is 1. The maximum absolute atomic E-state index is 14.6. The Morgan fingerprint density at radius 1 is 1.13 bits per heavy atom. The fraction of sp³-hybridized carbons (Fsp3) is 0.552. The molecule has 1 aromatic rings. The molecule has 0 aliphatic carbocycles. The van der Waals surface area contributed by atoms with Crippen molar-refractivity contribution in [1.82, 2.24) is 4.90 Å². The number of likely N-dealkylation sites (tertiary alicyclic amines) is 1. The number of rotatable bonds is 5. The van der Waals surface area contributed by atoms with E-state index in [4.69, 9.17) is 16.3 Å². The second kappa shape index (κ2) is 10.4. The van der Waals surface area contributed by atoms with Crippen LogP contribution in [0, 0.1) is 17.8 Å². The molecule has 7 nitrogen and oxygen atoms in total. The van der Waals surface area contributed by atoms with E-state index in [0.29, 0.717) is 23.7 Å². The average molecular weight is 559 g/mol. The number of allylic oxidation sites excluding steroid dienone is 1. The predicted molar refractivity (Wildman–Crippen MR) is 149 cm³/mol. The van der Waals surface area contributed by atoms with Gasteiger partial charge in [-0.1, -0.05) is 61.9 Å². The lowest BCUT2D eigenvalue weighted by Crippen LogP contribution is -2.57. The maximum Gasteiger partial charge on any atom is 0.311 e. The summed E-state index contributed by atoms with van der Waals surface area (Å²) in [5.74, 6) is -2.32. The summed E-state index contributed by atoms with van der Waals surface area (Å²) in [5.41, 5.74) is 0.567. The summed E-state index contributed by atoms with van der Waals surface area (Å²) in [4.78, 5) is 45.8. The minimum Gasteiger partial charge on any atom is -0.465 e. The lowest BCUT2D eigenvalue weighted by molar-refractivity contribution is -0.154. The van der Waals surface area contributed by atoms with Crippen molar-refractivity contribution in [3.8, 4) is 0 Å². The number of thioether (sulfide) groups is 1. The molecular formula is C29H35ClN2O5S. The van der Waals surface area contributed by atoms with Crippen LogP contribution in [-0.2, 0) is 19.1 Å². The quantitative estimate of drug-likeness (QED) is 0.430. The molecule has 2 saturated heterocycles. The SMILES string of the molecule is CC(C)C[C@H](CO)N1C(=O)[C@@H]2[C@@H]3C(=O)OCCC/C=C\[C@]3(C)S[C@@]23C=CCN(c2ccccc2Cl)C(=O)C13. The van der Waals surface area contributed by atoms with Gasteiger partial charge in [0.25, 0.3) is 5.91 Å². The fourth-order valence-corrected chi connectivity index (χ4v) is 9.05. The normalized spacial score (nSPS) is 34.6. The molecule has 204 valence electrons. The van der Waals surface area contributed by atoms with Gasteiger partial charge in [0.1, 0.15) is 6.04 Å². The van der Waals surface area contributed by atoms with E-state index in [1.54, 1.807) is 21.9 Å². The van der Waals surface area contributed by atoms with Crippen LogP contribution in [0.3, 0.4) is 0 Å². The van der Waals surface area contributed by atoms with Crippen LogP contribution in [0.2, 0.25) is 5.02 Å². The van der Waals surface area contributed by atoms with Crippen molar-refractivity contribution in [3.63, 3.8) is 0 Å². The average Bonchev–Trinajstić information content (AvgIpc) is 3.22. The number of amides is 2. The molecule has 2 amide bonds. The molecule has 0 aromatic heterocycles. The zero-order chi connectivity index (χ0) is 27.2. The number of nitrogens with zero attached hydrogens (tertiary/aromatic N) is 2. The lowest BCUT2D eigenvalue weighted by Gasteiger charge is -2.40. The molecule has 9 heteroatoms. The summed E-state index contributed by atoms with van der Waals surface area (Å²) in [5, 5.41) is 10.9. The van der Waals surface area contributed by atoms with Crippen molar-refractivity contribution < 1.29 is 24.2 Å². The molecule has 4 heterocycles. The number of hydrogen-bond acceptors (Lipinski definition) is 6. The Kier molecular flexibility index (Phi) is 7.44. The van der Waals surface area contributed by atoms with Gasteiger partial charge in [-0.25, -0.2) is 0 Å². The molecule has 6 atom stereocenters. The van der Waals surface area contributed by atoms with Crippen LogP contribution in [0.15, 0.2) is 48.6 Å². The van der Waals surface area contributed by atoms with Crippen molar-refractivity contribution in [2.24, 2.45) is 17.8 Å². The summed E-state index contributed by atoms with van der Waals surface area (Å²) in [6.07, 6.45) is 10.00. The number of anilines is 1. The molecule has 1 spiro atoms. The summed E-state index contributed by atoms with van der Waals surface area (Å²) in [6, 6.07) is 5.69. The van der Waals surface area contributed by atoms with Gasteiger partial charge in [-0.3, -0.25) is 14.4 Å². The largest absolute Gasteiger partial charge is 0.465 e. The van der Waals surface area contributed by atoms with Gasteiger partial charge in [-0.15, -0.1) is 11.8 Å². The maximum atomic E-state index is 14.6. The third kappa shape index (κ3) is 4.29. The number of halogens is 1. The number of cyclic esters (lactones) is 1. The number of aliphatic hydroxyl groups is 1. The zero-order valence-corrected chi connectivity index (χ0v) is 23.6. The third-order valence-corrected chi connectivity index (χ3v) is 10.3. The van der Waals surface area contributed by atoms with E-state index in [-0.39, 0.29) is 30.9 Å². The number of ether oxygens (including phenoxy) is 1. The highest BCUT2D eigenvalue weighted by Crippen LogP contribution is 2.65. The highest BCUT2D eigenvalue weighted by Gasteiger charge is 2.74. The van der Waals surface area contributed by atoms with Crippen LogP contribution in [0.1, 0.15) is 40.0 Å². The number of esters is 1. The first-order valence-electron chi connectivity index (χ1n) is 13.4. The van der Waals surface area contributed by atoms with E-state index in [2.05, 4.69) is 6.08 Å². The molecule has 1 unspecified atom stereocenters. The Morgan fingerprint density at radius 3 is 2.61 bits per heavy atom. The standard InChI is InChI=1S/C29H35ClN2O5S/c1-18(2)16-19(17-33)32-24-26(35)31(21-11-6-5-10-20(21)30)14-9-13-29(24)22(25(32)34)23-27(36)37-15-8-4-7-12-28(23,3)38-29/h5-7,9-13,18-19,22-24,33H,4,8,14-17H2,1-3H3/b12-7-/t19-,22+,23-,24?,28+,29+/m1/s1. The zero-order valence-electron chi connectivity index (χ0n) is 22.0. The van der Waals surface area contributed by atoms with Crippen LogP contribution in [0.4, 0.5) is 5.69 Å². The predicted octanol–water partition coefficient (Wildman–Crippen LogP) is 4.23. The summed E-state index contributed by atoms with van der Waals surface area (Å²) in [6.45, 7) is 6.33. The molecular weight excluding hydrogens is 524 g/mol. The first-order chi connectivity index (χ1) is 18.1. The van der Waals surface area contributed by atoms with Crippen molar-refractivity contribution in [1.29, 1.82) is 0 Å². The summed E-state index contributed by atoms with van der Waals surface area (Å²) >= 11 is 8.04. The Hall–Kier alpha value is -2.29. The molecule has 0 bridgehead atoms. The molecule has 1 aromatic carbocycles. The van der Waals surface area contributed by atoms with Crippen LogP contribution in [0.25, 0.3) is 0 Å². The molecule has 1 N–H and O–H groups in total. The van der Waals surface area contributed by atoms with Gasteiger partial charge in [-0.05, 0) is 44.2 Å². The van der Waals surface area contributed by atoms with Crippen LogP contribution in [-0.4, -0.2) is 69.1 Å². The minimum atomic E-state index is -1.00. The number of carbonyl (C=O) groups is 3. The Labute approximate surface area is 233 Å². The minimum absolute atomic E-state index is 0.183. The number of hydrogen-bond donors (Lipinski definition) is 1. The second-order valence-corrected chi connectivity index (χ2v) is 13.4. The molecule has 4 aliphatic rings. The molecule has 5 rings (SSSR count). The first kappa shape index (κ1) is 27.3. The number of aliphatic hydroxyl groups excluding tert-OH is 1. The van der Waals surface area contributed by atoms with Gasteiger partial charge in [0, 0.05) is 11.3 Å². The molecule has 4 aliphatic heterocycles. The van der Waals surface area contributed by atoms with Crippen LogP contribution < -0.4 is 4.90 Å². The highest BCUT2D eigenvalue weighted by molar-refractivity contribution is 8.02. The van der Waals surface area contributed by atoms with Crippen molar-refractivity contribution in [2.45, 2.75) is 61.6 Å². The number of benzene rings is 1. The van der Waals surface area contributed by atoms with Crippen molar-refractivity contribution in [3.05, 3.63) is 53.6 Å². The van der Waals surface area contributed by atoms with E-state index < -0.39 is 39.4 Å². The topological polar surface area (TPSA) is 87.2 Å². The van der Waals surface area contributed by atoms with E-state index in [9.17, 15) is 19.5 Å². The smallest absolute Gasteiger partial charge is 0.311 e. The van der Waals surface area contributed by atoms with Crippen molar-refractivity contribution in [2.75, 3.05) is 24.7 Å². The second-order valence-electron chi connectivity index (χ2n) is 11.2. The van der Waals surface area contributed by atoms with Gasteiger partial charge >= 0.3 is 5.97 Å². The third-order valence-electron chi connectivity index (χ3n) is 8.18. The molecule has 0 saturated carbocycles. The van der Waals surface area contributed by atoms with Gasteiger partial charge in [0.15, 0.2) is 0 Å². The van der Waals surface area contributed by atoms with E-state index >= 15 is 0 Å². The first-order valence-corrected chi connectivity index (χ1v) is 14.5. The number of fused-ring (bicyclic) bond motifs is 2. The highest BCUT2D eigenvalue weighted by atomic mass is 35.5. The van der Waals surface area contributed by atoms with Gasteiger partial charge in [-0.2, -0.15) is 0 Å². The molecule has 2 fully saturated rings. The van der Waals surface area contributed by atoms with Crippen LogP contribution in [0.5, 0.6) is 0 Å². The lowest BCUT2D eigenvalue weighted by atomic mass is 9.74. The van der Waals surface area contributed by atoms with Crippen molar-refractivity contribution >= 4 is 46.8 Å². The van der Waals surface area contributed by atoms with Gasteiger partial charge < -0.3 is 19.6 Å². The summed E-state index contributed by atoms with van der Waals surface area (Å²) in [7, 11) is 0. The Morgan fingerprint density at radius 2 is 1.89 bits per heavy atom. The summed E-state index contributed by atoms with van der Waals surface area (Å²) < 4.78 is 3.94. The van der Waals surface area contributed by atoms with Crippen LogP contribution >= 0.6 is 23.4 Å². The van der Waals surface area contributed by atoms with Gasteiger partial charge in [0.05, 0.1) is 46.5 Å². The Bertz CT molecular complexity index is 1190. The molecule has 38 heavy (non-hydrogen) atoms. The van der Waals surface area contributed by atoms with E-state index in [1.165, 1.54) is 11.8 Å². The monoisotopic (exact) mass is 558 g/mol. The molecule has 0 radical (unpaired) electrons. The van der Waals surface area contributed by atoms with Gasteiger partial charge in [0.2, 0.25) is 5.91 Å². The van der Waals surface area contributed by atoms with E-state index in [0.717, 1.165) is 12.8 Å².